The van der Waals surface area contributed by atoms with Crippen LogP contribution in [-0.4, -0.2) is 6.04 Å². The van der Waals surface area contributed by atoms with Crippen LogP contribution in [0.15, 0.2) is 0 Å². The molecule has 0 aromatic heterocycles. The van der Waals surface area contributed by atoms with Gasteiger partial charge in [-0.3, -0.25) is 0 Å². The Morgan fingerprint density at radius 2 is 1.37 bits per heavy atom. The maximum Gasteiger partial charge on any atom is 0.00390 e. The molecule has 0 aromatic carbocycles. The third kappa shape index (κ3) is 2.26. The molecule has 0 saturated heterocycles. The van der Waals surface area contributed by atoms with Crippen molar-refractivity contribution in [3.63, 3.8) is 0 Å². The Bertz CT molecular complexity index is 327. The SMILES string of the molecule is CC1(C)CC(C)(C2CCC(N)CC2)C2CCCCC21. The van der Waals surface area contributed by atoms with Crippen LogP contribution in [0.5, 0.6) is 0 Å². The second-order valence-electron chi connectivity index (χ2n) is 8.78. The Hall–Kier alpha value is -0.0400. The zero-order valence-electron chi connectivity index (χ0n) is 13.3. The van der Waals surface area contributed by atoms with Gasteiger partial charge in [-0.05, 0) is 73.5 Å². The van der Waals surface area contributed by atoms with Crippen LogP contribution in [0.1, 0.15) is 78.6 Å². The van der Waals surface area contributed by atoms with E-state index in [1.165, 1.54) is 57.8 Å². The van der Waals surface area contributed by atoms with Gasteiger partial charge in [0, 0.05) is 6.04 Å². The van der Waals surface area contributed by atoms with Gasteiger partial charge in [0.1, 0.15) is 0 Å². The van der Waals surface area contributed by atoms with E-state index in [0.29, 0.717) is 16.9 Å². The molecule has 3 aliphatic rings. The standard InChI is InChI=1S/C18H33N/c1-17(2)12-18(3,13-8-10-14(19)11-9-13)16-7-5-4-6-15(16)17/h13-16H,4-12,19H2,1-3H3. The Kier molecular flexibility index (Phi) is 3.48. The molecule has 0 radical (unpaired) electrons. The average molecular weight is 263 g/mol. The van der Waals surface area contributed by atoms with E-state index in [2.05, 4.69) is 20.8 Å². The van der Waals surface area contributed by atoms with Crippen LogP contribution in [-0.2, 0) is 0 Å². The van der Waals surface area contributed by atoms with Crippen LogP contribution in [0.3, 0.4) is 0 Å². The van der Waals surface area contributed by atoms with Crippen LogP contribution in [0.2, 0.25) is 0 Å². The van der Waals surface area contributed by atoms with Gasteiger partial charge >= 0.3 is 0 Å². The van der Waals surface area contributed by atoms with E-state index < -0.39 is 0 Å². The first-order chi connectivity index (χ1) is 8.93. The van der Waals surface area contributed by atoms with E-state index in [1.807, 2.05) is 0 Å². The van der Waals surface area contributed by atoms with Gasteiger partial charge in [-0.15, -0.1) is 0 Å². The quantitative estimate of drug-likeness (QED) is 0.726. The Labute approximate surface area is 119 Å². The normalized spacial score (nSPS) is 49.9. The molecule has 0 spiro atoms. The van der Waals surface area contributed by atoms with Gasteiger partial charge in [0.05, 0.1) is 0 Å². The average Bonchev–Trinajstić information content (AvgIpc) is 2.59. The first-order valence-corrected chi connectivity index (χ1v) is 8.69. The largest absolute Gasteiger partial charge is 0.328 e. The van der Waals surface area contributed by atoms with Crippen molar-refractivity contribution in [2.24, 2.45) is 34.3 Å². The summed E-state index contributed by atoms with van der Waals surface area (Å²) in [7, 11) is 0. The highest BCUT2D eigenvalue weighted by Gasteiger charge is 2.57. The molecular formula is C18H33N. The van der Waals surface area contributed by atoms with Gasteiger partial charge in [0.15, 0.2) is 0 Å². The van der Waals surface area contributed by atoms with Crippen molar-refractivity contribution in [3.05, 3.63) is 0 Å². The number of rotatable bonds is 1. The van der Waals surface area contributed by atoms with Crippen LogP contribution in [0.25, 0.3) is 0 Å². The summed E-state index contributed by atoms with van der Waals surface area (Å²) < 4.78 is 0. The molecule has 3 rings (SSSR count). The third-order valence-corrected chi connectivity index (χ3v) is 7.16. The monoisotopic (exact) mass is 263 g/mol. The highest BCUT2D eigenvalue weighted by atomic mass is 14.7. The maximum absolute atomic E-state index is 6.12. The highest BCUT2D eigenvalue weighted by molar-refractivity contribution is 5.06. The molecule has 1 nitrogen and oxygen atoms in total. The fourth-order valence-corrected chi connectivity index (χ4v) is 6.33. The molecule has 0 bridgehead atoms. The number of hydrogen-bond acceptors (Lipinski definition) is 1. The van der Waals surface area contributed by atoms with Crippen molar-refractivity contribution in [1.82, 2.24) is 0 Å². The van der Waals surface area contributed by atoms with Gasteiger partial charge in [-0.25, -0.2) is 0 Å². The van der Waals surface area contributed by atoms with E-state index in [0.717, 1.165) is 17.8 Å². The zero-order valence-corrected chi connectivity index (χ0v) is 13.3. The fourth-order valence-electron chi connectivity index (χ4n) is 6.33. The number of fused-ring (bicyclic) bond motifs is 1. The summed E-state index contributed by atoms with van der Waals surface area (Å²) in [5.74, 6) is 2.97. The van der Waals surface area contributed by atoms with E-state index in [-0.39, 0.29) is 0 Å². The molecule has 0 aromatic rings. The molecule has 0 heterocycles. The smallest absolute Gasteiger partial charge is 0.00390 e. The summed E-state index contributed by atoms with van der Waals surface area (Å²) >= 11 is 0. The van der Waals surface area contributed by atoms with Crippen molar-refractivity contribution in [1.29, 1.82) is 0 Å². The van der Waals surface area contributed by atoms with Gasteiger partial charge < -0.3 is 5.73 Å². The molecule has 3 atom stereocenters. The molecule has 0 amide bonds. The second kappa shape index (κ2) is 4.76. The number of nitrogens with two attached hydrogens (primary N) is 1. The lowest BCUT2D eigenvalue weighted by molar-refractivity contribution is 0.0511. The molecule has 1 heteroatoms. The minimum Gasteiger partial charge on any atom is -0.328 e. The van der Waals surface area contributed by atoms with Gasteiger partial charge in [-0.1, -0.05) is 33.6 Å². The zero-order chi connectivity index (χ0) is 13.7. The summed E-state index contributed by atoms with van der Waals surface area (Å²) in [5.41, 5.74) is 7.33. The third-order valence-electron chi connectivity index (χ3n) is 7.16. The predicted octanol–water partition coefficient (Wildman–Crippen LogP) is 4.75. The first-order valence-electron chi connectivity index (χ1n) is 8.69. The minimum atomic E-state index is 0.497. The molecule has 3 aliphatic carbocycles. The van der Waals surface area contributed by atoms with Crippen molar-refractivity contribution >= 4 is 0 Å². The topological polar surface area (TPSA) is 26.0 Å². The highest BCUT2D eigenvalue weighted by Crippen LogP contribution is 2.65. The van der Waals surface area contributed by atoms with E-state index in [9.17, 15) is 0 Å². The minimum absolute atomic E-state index is 0.497. The first kappa shape index (κ1) is 13.9. The lowest BCUT2D eigenvalue weighted by atomic mass is 9.60. The lowest BCUT2D eigenvalue weighted by Gasteiger charge is -2.45. The molecule has 19 heavy (non-hydrogen) atoms. The molecule has 3 saturated carbocycles. The summed E-state index contributed by atoms with van der Waals surface area (Å²) in [4.78, 5) is 0. The van der Waals surface area contributed by atoms with E-state index in [4.69, 9.17) is 5.73 Å². The number of hydrogen-bond donors (Lipinski definition) is 1. The molecule has 2 N–H and O–H groups in total. The van der Waals surface area contributed by atoms with Crippen LogP contribution in [0.4, 0.5) is 0 Å². The summed E-state index contributed by atoms with van der Waals surface area (Å²) in [6.45, 7) is 7.75. The molecule has 0 aliphatic heterocycles. The molecular weight excluding hydrogens is 230 g/mol. The van der Waals surface area contributed by atoms with Crippen molar-refractivity contribution in [2.45, 2.75) is 84.6 Å². The fraction of sp³-hybridized carbons (Fsp3) is 1.00. The van der Waals surface area contributed by atoms with E-state index >= 15 is 0 Å². The molecule has 3 fully saturated rings. The predicted molar refractivity (Wildman–Crippen MR) is 81.9 cm³/mol. The van der Waals surface area contributed by atoms with Gasteiger partial charge in [0.2, 0.25) is 0 Å². The van der Waals surface area contributed by atoms with Crippen LogP contribution >= 0.6 is 0 Å². The Morgan fingerprint density at radius 3 is 2.00 bits per heavy atom. The molecule has 3 unspecified atom stereocenters. The Balaban J connectivity index is 1.82. The Morgan fingerprint density at radius 1 is 0.789 bits per heavy atom. The van der Waals surface area contributed by atoms with Crippen LogP contribution in [0, 0.1) is 28.6 Å². The van der Waals surface area contributed by atoms with Crippen LogP contribution < -0.4 is 5.73 Å². The summed E-state index contributed by atoms with van der Waals surface area (Å²) in [6.07, 6.45) is 12.8. The lowest BCUT2D eigenvalue weighted by Crippen LogP contribution is -2.39. The van der Waals surface area contributed by atoms with Crippen molar-refractivity contribution < 1.29 is 0 Å². The van der Waals surface area contributed by atoms with Gasteiger partial charge in [-0.2, -0.15) is 0 Å². The second-order valence-corrected chi connectivity index (χ2v) is 8.78. The van der Waals surface area contributed by atoms with Gasteiger partial charge in [0.25, 0.3) is 0 Å². The van der Waals surface area contributed by atoms with Crippen molar-refractivity contribution in [3.8, 4) is 0 Å². The molecule has 110 valence electrons. The summed E-state index contributed by atoms with van der Waals surface area (Å²) in [5, 5.41) is 0. The summed E-state index contributed by atoms with van der Waals surface area (Å²) in [6, 6.07) is 0.497. The maximum atomic E-state index is 6.12. The van der Waals surface area contributed by atoms with E-state index in [1.54, 1.807) is 0 Å². The van der Waals surface area contributed by atoms with Crippen molar-refractivity contribution in [2.75, 3.05) is 0 Å².